The van der Waals surface area contributed by atoms with E-state index in [1.807, 2.05) is 0 Å². The van der Waals surface area contributed by atoms with Crippen molar-refractivity contribution in [1.29, 1.82) is 0 Å². The molecule has 3 N–H and O–H groups in total. The van der Waals surface area contributed by atoms with Crippen LogP contribution in [-0.2, 0) is 21.2 Å². The summed E-state index contributed by atoms with van der Waals surface area (Å²) in [5.74, 6) is -1.16. The molecule has 2 amide bonds. The molecule has 1 saturated carbocycles. The Morgan fingerprint density at radius 3 is 2.45 bits per heavy atom. The minimum absolute atomic E-state index is 0.314. The van der Waals surface area contributed by atoms with Gasteiger partial charge in [0.2, 0.25) is 11.8 Å². The highest BCUT2D eigenvalue weighted by Gasteiger charge is 2.51. The summed E-state index contributed by atoms with van der Waals surface area (Å²) in [5, 5.41) is 2.35. The van der Waals surface area contributed by atoms with Crippen LogP contribution in [0, 0.1) is 0 Å². The molecule has 0 saturated heterocycles. The Labute approximate surface area is 113 Å². The van der Waals surface area contributed by atoms with Crippen LogP contribution in [0.4, 0.5) is 13.2 Å². The molecule has 1 fully saturated rings. The van der Waals surface area contributed by atoms with E-state index in [0.717, 1.165) is 12.1 Å². The Balaban J connectivity index is 2.22. The highest BCUT2D eigenvalue weighted by atomic mass is 19.4. The van der Waals surface area contributed by atoms with Crippen LogP contribution < -0.4 is 11.1 Å². The number of carbonyl (C=O) groups excluding carboxylic acids is 2. The van der Waals surface area contributed by atoms with E-state index < -0.39 is 29.0 Å². The van der Waals surface area contributed by atoms with Crippen LogP contribution in [0.5, 0.6) is 0 Å². The van der Waals surface area contributed by atoms with E-state index in [0.29, 0.717) is 18.4 Å². The SMILES string of the molecule is NC(=O)CNC(=O)C1(c2cccc(C(F)(F)F)c2)CC1. The molecule has 108 valence electrons. The highest BCUT2D eigenvalue weighted by Crippen LogP contribution is 2.49. The van der Waals surface area contributed by atoms with Gasteiger partial charge in [-0.1, -0.05) is 18.2 Å². The molecule has 0 unspecified atom stereocenters. The largest absolute Gasteiger partial charge is 0.416 e. The molecule has 0 spiro atoms. The van der Waals surface area contributed by atoms with E-state index in [1.54, 1.807) is 0 Å². The van der Waals surface area contributed by atoms with Crippen molar-refractivity contribution >= 4 is 11.8 Å². The zero-order valence-electron chi connectivity index (χ0n) is 10.5. The van der Waals surface area contributed by atoms with Gasteiger partial charge < -0.3 is 11.1 Å². The normalized spacial score (nSPS) is 16.6. The smallest absolute Gasteiger partial charge is 0.368 e. The fraction of sp³-hybridized carbons (Fsp3) is 0.385. The molecule has 7 heteroatoms. The Hall–Kier alpha value is -2.05. The van der Waals surface area contributed by atoms with E-state index in [-0.39, 0.29) is 6.54 Å². The van der Waals surface area contributed by atoms with Crippen LogP contribution in [0.2, 0.25) is 0 Å². The zero-order valence-corrected chi connectivity index (χ0v) is 10.5. The first-order valence-corrected chi connectivity index (χ1v) is 6.00. The standard InChI is InChI=1S/C13H13F3N2O2/c14-13(15,16)9-3-1-2-8(6-9)12(4-5-12)11(20)18-7-10(17)19/h1-3,6H,4-5,7H2,(H2,17,19)(H,18,20). The second kappa shape index (κ2) is 4.81. The predicted octanol–water partition coefficient (Wildman–Crippen LogP) is 1.34. The lowest BCUT2D eigenvalue weighted by atomic mass is 9.93. The second-order valence-electron chi connectivity index (χ2n) is 4.81. The quantitative estimate of drug-likeness (QED) is 0.876. The molecule has 20 heavy (non-hydrogen) atoms. The molecule has 4 nitrogen and oxygen atoms in total. The van der Waals surface area contributed by atoms with Crippen molar-refractivity contribution in [3.63, 3.8) is 0 Å². The molecule has 1 aliphatic rings. The first kappa shape index (κ1) is 14.4. The molecule has 0 bridgehead atoms. The number of hydrogen-bond acceptors (Lipinski definition) is 2. The molecular weight excluding hydrogens is 273 g/mol. The average Bonchev–Trinajstić information content (AvgIpc) is 3.16. The van der Waals surface area contributed by atoms with Crippen molar-refractivity contribution in [3.05, 3.63) is 35.4 Å². The molecule has 1 aromatic carbocycles. The van der Waals surface area contributed by atoms with Gasteiger partial charge in [0.25, 0.3) is 0 Å². The second-order valence-corrected chi connectivity index (χ2v) is 4.81. The lowest BCUT2D eigenvalue weighted by Gasteiger charge is -2.17. The van der Waals surface area contributed by atoms with Gasteiger partial charge in [-0.3, -0.25) is 9.59 Å². The fourth-order valence-corrected chi connectivity index (χ4v) is 2.10. The Kier molecular flexibility index (Phi) is 3.45. The minimum atomic E-state index is -4.45. The molecule has 1 aliphatic carbocycles. The van der Waals surface area contributed by atoms with Gasteiger partial charge in [-0.2, -0.15) is 13.2 Å². The molecule has 2 rings (SSSR count). The molecule has 0 heterocycles. The number of halogens is 3. The van der Waals surface area contributed by atoms with Gasteiger partial charge >= 0.3 is 6.18 Å². The van der Waals surface area contributed by atoms with Gasteiger partial charge in [0.15, 0.2) is 0 Å². The predicted molar refractivity (Wildman–Crippen MR) is 64.6 cm³/mol. The van der Waals surface area contributed by atoms with Crippen molar-refractivity contribution in [2.24, 2.45) is 5.73 Å². The van der Waals surface area contributed by atoms with Crippen LogP contribution in [-0.4, -0.2) is 18.4 Å². The number of carbonyl (C=O) groups is 2. The molecular formula is C13H13F3N2O2. The van der Waals surface area contributed by atoms with Crippen LogP contribution >= 0.6 is 0 Å². The maximum absolute atomic E-state index is 12.7. The maximum Gasteiger partial charge on any atom is 0.416 e. The van der Waals surface area contributed by atoms with E-state index in [4.69, 9.17) is 5.73 Å². The Bertz CT molecular complexity index is 551. The van der Waals surface area contributed by atoms with Crippen LogP contribution in [0.25, 0.3) is 0 Å². The number of benzene rings is 1. The molecule has 1 aromatic rings. The number of hydrogen-bond donors (Lipinski definition) is 2. The van der Waals surface area contributed by atoms with Crippen molar-refractivity contribution < 1.29 is 22.8 Å². The summed E-state index contributed by atoms with van der Waals surface area (Å²) in [4.78, 5) is 22.6. The van der Waals surface area contributed by atoms with Gasteiger partial charge in [-0.25, -0.2) is 0 Å². The van der Waals surface area contributed by atoms with Crippen molar-refractivity contribution in [2.45, 2.75) is 24.4 Å². The van der Waals surface area contributed by atoms with Crippen LogP contribution in [0.15, 0.2) is 24.3 Å². The van der Waals surface area contributed by atoms with E-state index in [1.165, 1.54) is 12.1 Å². The summed E-state index contributed by atoms with van der Waals surface area (Å²) in [6, 6.07) is 4.71. The third kappa shape index (κ3) is 2.76. The van der Waals surface area contributed by atoms with Crippen molar-refractivity contribution in [1.82, 2.24) is 5.32 Å². The summed E-state index contributed by atoms with van der Waals surface area (Å²) in [6.07, 6.45) is -3.53. The molecule has 0 atom stereocenters. The van der Waals surface area contributed by atoms with Gasteiger partial charge in [0.05, 0.1) is 17.5 Å². The third-order valence-corrected chi connectivity index (χ3v) is 3.35. The van der Waals surface area contributed by atoms with Gasteiger partial charge in [0.1, 0.15) is 0 Å². The Morgan fingerprint density at radius 1 is 1.30 bits per heavy atom. The third-order valence-electron chi connectivity index (χ3n) is 3.35. The van der Waals surface area contributed by atoms with Gasteiger partial charge in [-0.15, -0.1) is 0 Å². The van der Waals surface area contributed by atoms with Gasteiger partial charge in [-0.05, 0) is 24.5 Å². The van der Waals surface area contributed by atoms with Crippen molar-refractivity contribution in [3.8, 4) is 0 Å². The average molecular weight is 286 g/mol. The lowest BCUT2D eigenvalue weighted by Crippen LogP contribution is -2.39. The van der Waals surface area contributed by atoms with E-state index in [2.05, 4.69) is 5.32 Å². The summed E-state index contributed by atoms with van der Waals surface area (Å²) in [7, 11) is 0. The zero-order chi connectivity index (χ0) is 15.0. The van der Waals surface area contributed by atoms with Crippen molar-refractivity contribution in [2.75, 3.05) is 6.54 Å². The summed E-state index contributed by atoms with van der Waals surface area (Å²) in [5.41, 5.74) is 3.49. The number of nitrogens with two attached hydrogens (primary N) is 1. The first-order valence-electron chi connectivity index (χ1n) is 6.00. The molecule has 0 radical (unpaired) electrons. The summed E-state index contributed by atoms with van der Waals surface area (Å²) >= 11 is 0. The number of nitrogens with one attached hydrogen (secondary N) is 1. The topological polar surface area (TPSA) is 72.2 Å². The molecule has 0 aliphatic heterocycles. The minimum Gasteiger partial charge on any atom is -0.368 e. The van der Waals surface area contributed by atoms with Crippen LogP contribution in [0.3, 0.4) is 0 Å². The maximum atomic E-state index is 12.7. The van der Waals surface area contributed by atoms with Crippen LogP contribution in [0.1, 0.15) is 24.0 Å². The van der Waals surface area contributed by atoms with E-state index >= 15 is 0 Å². The number of alkyl halides is 3. The summed E-state index contributed by atoms with van der Waals surface area (Å²) < 4.78 is 38.0. The number of amides is 2. The first-order chi connectivity index (χ1) is 9.25. The number of rotatable bonds is 4. The Morgan fingerprint density at radius 2 is 1.95 bits per heavy atom. The summed E-state index contributed by atoms with van der Waals surface area (Å²) in [6.45, 7) is -0.320. The number of primary amides is 1. The van der Waals surface area contributed by atoms with E-state index in [9.17, 15) is 22.8 Å². The lowest BCUT2D eigenvalue weighted by molar-refractivity contribution is -0.137. The fourth-order valence-electron chi connectivity index (χ4n) is 2.10. The molecule has 0 aromatic heterocycles. The monoisotopic (exact) mass is 286 g/mol. The highest BCUT2D eigenvalue weighted by molar-refractivity contribution is 5.93. The van der Waals surface area contributed by atoms with Gasteiger partial charge in [0, 0.05) is 0 Å².